The molecular weight excluding hydrogens is 478 g/mol. The number of carbonyl (C=O) groups is 4. The molecule has 2 saturated heterocycles. The van der Waals surface area contributed by atoms with E-state index >= 15 is 0 Å². The van der Waals surface area contributed by atoms with E-state index in [1.54, 1.807) is 24.0 Å². The fourth-order valence-corrected chi connectivity index (χ4v) is 5.91. The number of nitrogens with zero attached hydrogens (tertiary/aromatic N) is 2. The predicted octanol–water partition coefficient (Wildman–Crippen LogP) is 0.936. The largest absolute Gasteiger partial charge is 0.460 e. The van der Waals surface area contributed by atoms with Crippen LogP contribution in [0.25, 0.3) is 0 Å². The molecule has 10 heteroatoms. The summed E-state index contributed by atoms with van der Waals surface area (Å²) in [6.07, 6.45) is 9.97. The number of cyclic esters (lactones) is 1. The number of amides is 3. The highest BCUT2D eigenvalue weighted by Crippen LogP contribution is 2.55. The summed E-state index contributed by atoms with van der Waals surface area (Å²) >= 11 is 0. The van der Waals surface area contributed by atoms with Gasteiger partial charge in [0, 0.05) is 32.7 Å². The van der Waals surface area contributed by atoms with E-state index in [1.807, 2.05) is 12.2 Å². The molecule has 4 aliphatic heterocycles. The fraction of sp³-hybridized carbons (Fsp3) is 0.704. The molecule has 2 fully saturated rings. The lowest BCUT2D eigenvalue weighted by molar-refractivity contribution is -0.158. The number of fused-ring (bicyclic) bond motifs is 2. The smallest absolute Gasteiger partial charge is 0.313 e. The Morgan fingerprint density at radius 2 is 1.92 bits per heavy atom. The van der Waals surface area contributed by atoms with Crippen molar-refractivity contribution in [2.45, 2.75) is 76.2 Å². The lowest BCUT2D eigenvalue weighted by Gasteiger charge is -2.36. The lowest BCUT2D eigenvalue weighted by Crippen LogP contribution is -2.56. The van der Waals surface area contributed by atoms with E-state index in [1.165, 1.54) is 4.90 Å². The Morgan fingerprint density at radius 3 is 2.68 bits per heavy atom. The molecule has 4 rings (SSSR count). The number of likely N-dealkylation sites (tertiary alicyclic amines) is 1. The summed E-state index contributed by atoms with van der Waals surface area (Å²) in [6.45, 7) is 4.88. The molecule has 0 saturated carbocycles. The van der Waals surface area contributed by atoms with Crippen LogP contribution >= 0.6 is 0 Å². The van der Waals surface area contributed by atoms with Crippen molar-refractivity contribution >= 4 is 23.7 Å². The Hall–Kier alpha value is -2.72. The van der Waals surface area contributed by atoms with Crippen molar-refractivity contribution in [1.29, 1.82) is 0 Å². The van der Waals surface area contributed by atoms with Crippen LogP contribution in [0.4, 0.5) is 0 Å². The average Bonchev–Trinajstić information content (AvgIpc) is 3.51. The minimum Gasteiger partial charge on any atom is -0.460 e. The third kappa shape index (κ3) is 5.31. The number of rotatable bonds is 7. The molecule has 0 radical (unpaired) electrons. The summed E-state index contributed by atoms with van der Waals surface area (Å²) in [5.74, 6) is -3.04. The second kappa shape index (κ2) is 11.8. The molecule has 3 amide bonds. The molecule has 0 aromatic carbocycles. The Labute approximate surface area is 218 Å². The highest BCUT2D eigenvalue weighted by molar-refractivity contribution is 5.99. The maximum Gasteiger partial charge on any atom is 0.313 e. The highest BCUT2D eigenvalue weighted by atomic mass is 16.6. The van der Waals surface area contributed by atoms with Gasteiger partial charge in [-0.3, -0.25) is 19.2 Å². The van der Waals surface area contributed by atoms with Gasteiger partial charge in [0.2, 0.25) is 17.7 Å². The summed E-state index contributed by atoms with van der Waals surface area (Å²) in [4.78, 5) is 56.7. The molecule has 6 atom stereocenters. The molecule has 0 aromatic rings. The summed E-state index contributed by atoms with van der Waals surface area (Å²) < 4.78 is 12.0. The van der Waals surface area contributed by atoms with Gasteiger partial charge in [0.1, 0.15) is 23.7 Å². The number of allylic oxidation sites excluding steroid dienone is 1. The van der Waals surface area contributed by atoms with Crippen LogP contribution in [0.3, 0.4) is 0 Å². The number of hydrogen-bond donors (Lipinski definition) is 2. The van der Waals surface area contributed by atoms with Crippen LogP contribution < -0.4 is 5.32 Å². The second-order valence-electron chi connectivity index (χ2n) is 10.4. The molecule has 0 aliphatic carbocycles. The number of ether oxygens (including phenoxy) is 2. The van der Waals surface area contributed by atoms with Crippen LogP contribution in [-0.2, 0) is 28.7 Å². The quantitative estimate of drug-likeness (QED) is 0.292. The molecule has 4 aliphatic rings. The van der Waals surface area contributed by atoms with E-state index in [-0.39, 0.29) is 37.4 Å². The normalized spacial score (nSPS) is 35.1. The van der Waals surface area contributed by atoms with Crippen LogP contribution in [0, 0.1) is 11.8 Å². The Bertz CT molecular complexity index is 950. The number of hydrogen-bond acceptors (Lipinski definition) is 7. The first-order valence-electron chi connectivity index (χ1n) is 13.5. The zero-order valence-electron chi connectivity index (χ0n) is 21.8. The molecule has 5 bridgehead atoms. The van der Waals surface area contributed by atoms with Crippen molar-refractivity contribution in [3.8, 4) is 0 Å². The number of aliphatic hydroxyl groups is 1. The zero-order valence-corrected chi connectivity index (χ0v) is 21.8. The maximum absolute atomic E-state index is 14.2. The monoisotopic (exact) mass is 517 g/mol. The maximum atomic E-state index is 14.2. The van der Waals surface area contributed by atoms with Gasteiger partial charge in [-0.1, -0.05) is 44.1 Å². The summed E-state index contributed by atoms with van der Waals surface area (Å²) in [6, 6.07) is -0.929. The standard InChI is InChI=1S/C27H39N3O7/c1-3-4-7-13-29-14-8-5-6-10-20(32)28-17-18(2)36-26(35)21-19-11-12-27(37-19)22(21)24(33)30(15-9-16-31)23(27)25(29)34/h5,8,11-12,18-19,21-23,31H,3-4,6-7,9-10,13-17H2,1-2H3,(H,28,32)/b8-5-/t18-,19+,21-,22-,23+,27-/m1/s1. The molecule has 2 N–H and O–H groups in total. The summed E-state index contributed by atoms with van der Waals surface area (Å²) in [5, 5.41) is 12.3. The average molecular weight is 518 g/mol. The minimum atomic E-state index is -1.25. The lowest BCUT2D eigenvalue weighted by atomic mass is 9.74. The molecule has 0 unspecified atom stereocenters. The van der Waals surface area contributed by atoms with E-state index in [9.17, 15) is 24.3 Å². The topological polar surface area (TPSA) is 125 Å². The molecule has 204 valence electrons. The molecule has 0 aromatic heterocycles. The van der Waals surface area contributed by atoms with Gasteiger partial charge >= 0.3 is 5.97 Å². The second-order valence-corrected chi connectivity index (χ2v) is 10.4. The van der Waals surface area contributed by atoms with Gasteiger partial charge in [0.25, 0.3) is 0 Å². The molecule has 4 heterocycles. The van der Waals surface area contributed by atoms with Crippen LogP contribution in [0.1, 0.15) is 52.4 Å². The van der Waals surface area contributed by atoms with Crippen LogP contribution in [0.2, 0.25) is 0 Å². The fourth-order valence-electron chi connectivity index (χ4n) is 5.91. The Kier molecular flexibility index (Phi) is 8.69. The number of esters is 1. The third-order valence-corrected chi connectivity index (χ3v) is 7.71. The zero-order chi connectivity index (χ0) is 26.6. The Balaban J connectivity index is 1.71. The SMILES string of the molecule is CCCCCN1C/C=C\CCC(=O)NC[C@@H](C)OC(=O)[C@@H]2[C@@H]3C=C[C@]4(O3)[C@H](C1=O)N(CCCO)C(=O)[C@@H]24. The van der Waals surface area contributed by atoms with E-state index in [2.05, 4.69) is 12.2 Å². The van der Waals surface area contributed by atoms with Crippen molar-refractivity contribution in [3.05, 3.63) is 24.3 Å². The van der Waals surface area contributed by atoms with Crippen molar-refractivity contribution < 1.29 is 33.8 Å². The van der Waals surface area contributed by atoms with Gasteiger partial charge in [-0.25, -0.2) is 0 Å². The van der Waals surface area contributed by atoms with E-state index < -0.39 is 41.7 Å². The van der Waals surface area contributed by atoms with Gasteiger partial charge in [-0.2, -0.15) is 0 Å². The van der Waals surface area contributed by atoms with Gasteiger partial charge in [0.05, 0.1) is 18.6 Å². The molecular formula is C27H39N3O7. The Morgan fingerprint density at radius 1 is 1.11 bits per heavy atom. The van der Waals surface area contributed by atoms with Crippen LogP contribution in [-0.4, -0.2) is 95.2 Å². The van der Waals surface area contributed by atoms with Gasteiger partial charge in [-0.15, -0.1) is 0 Å². The molecule has 10 nitrogen and oxygen atoms in total. The van der Waals surface area contributed by atoms with Crippen molar-refractivity contribution in [2.75, 3.05) is 32.8 Å². The summed E-state index contributed by atoms with van der Waals surface area (Å²) in [5.41, 5.74) is -1.25. The van der Waals surface area contributed by atoms with E-state index in [0.717, 1.165) is 19.3 Å². The van der Waals surface area contributed by atoms with Crippen LogP contribution in [0.5, 0.6) is 0 Å². The minimum absolute atomic E-state index is 0.126. The van der Waals surface area contributed by atoms with E-state index in [0.29, 0.717) is 32.4 Å². The van der Waals surface area contributed by atoms with Crippen molar-refractivity contribution in [2.24, 2.45) is 11.8 Å². The number of unbranched alkanes of at least 4 members (excludes halogenated alkanes) is 2. The van der Waals surface area contributed by atoms with Crippen molar-refractivity contribution in [3.63, 3.8) is 0 Å². The first kappa shape index (κ1) is 27.3. The number of carbonyl (C=O) groups excluding carboxylic acids is 4. The highest BCUT2D eigenvalue weighted by Gasteiger charge is 2.73. The number of aliphatic hydroxyl groups excluding tert-OH is 1. The number of nitrogens with one attached hydrogen (secondary N) is 1. The van der Waals surface area contributed by atoms with Gasteiger partial charge in [0.15, 0.2) is 0 Å². The van der Waals surface area contributed by atoms with Crippen LogP contribution in [0.15, 0.2) is 24.3 Å². The van der Waals surface area contributed by atoms with Gasteiger partial charge in [-0.05, 0) is 26.2 Å². The summed E-state index contributed by atoms with van der Waals surface area (Å²) in [7, 11) is 0. The van der Waals surface area contributed by atoms with Gasteiger partial charge < -0.3 is 29.7 Å². The molecule has 37 heavy (non-hydrogen) atoms. The molecule has 1 spiro atoms. The van der Waals surface area contributed by atoms with E-state index in [4.69, 9.17) is 9.47 Å². The third-order valence-electron chi connectivity index (χ3n) is 7.71. The van der Waals surface area contributed by atoms with Crippen molar-refractivity contribution in [1.82, 2.24) is 15.1 Å². The first-order chi connectivity index (χ1) is 17.8. The first-order valence-corrected chi connectivity index (χ1v) is 13.5. The predicted molar refractivity (Wildman–Crippen MR) is 134 cm³/mol.